The van der Waals surface area contributed by atoms with Gasteiger partial charge in [-0.15, -0.1) is 0 Å². The summed E-state index contributed by atoms with van der Waals surface area (Å²) in [5, 5.41) is 2.30. The summed E-state index contributed by atoms with van der Waals surface area (Å²) in [6.07, 6.45) is 5.74. The molecule has 3 aliphatic heterocycles. The summed E-state index contributed by atoms with van der Waals surface area (Å²) in [6, 6.07) is 21.5. The van der Waals surface area contributed by atoms with Crippen molar-refractivity contribution in [2.24, 2.45) is 16.8 Å². The number of fused-ring (bicyclic) bond motifs is 1. The van der Waals surface area contributed by atoms with Crippen LogP contribution in [-0.2, 0) is 9.47 Å². The van der Waals surface area contributed by atoms with E-state index in [1.807, 2.05) is 58.8 Å². The van der Waals surface area contributed by atoms with Gasteiger partial charge in [-0.3, -0.25) is 14.8 Å². The number of hydrogen-bond acceptors (Lipinski definition) is 6. The van der Waals surface area contributed by atoms with Crippen molar-refractivity contribution in [3.63, 3.8) is 0 Å². The quantitative estimate of drug-likeness (QED) is 0.223. The number of allylic oxidation sites excluding steroid dienone is 1. The normalized spacial score (nSPS) is 22.2. The molecule has 9 heteroatoms. The van der Waals surface area contributed by atoms with Crippen molar-refractivity contribution in [2.75, 3.05) is 13.1 Å². The number of aliphatic imine (C=N–C) groups is 1. The zero-order valence-electron chi connectivity index (χ0n) is 31.7. The van der Waals surface area contributed by atoms with E-state index in [1.165, 1.54) is 5.57 Å². The van der Waals surface area contributed by atoms with E-state index < -0.39 is 11.2 Å². The number of aromatic nitrogens is 2. The van der Waals surface area contributed by atoms with E-state index in [2.05, 4.69) is 79.5 Å². The maximum atomic E-state index is 13.0. The molecule has 4 atom stereocenters. The fourth-order valence-electron chi connectivity index (χ4n) is 7.66. The molecule has 3 aliphatic rings. The zero-order valence-corrected chi connectivity index (χ0v) is 31.7. The van der Waals surface area contributed by atoms with E-state index >= 15 is 0 Å². The second-order valence-corrected chi connectivity index (χ2v) is 17.0. The first-order valence-corrected chi connectivity index (χ1v) is 18.5. The molecular weight excluding hydrogens is 651 g/mol. The highest BCUT2D eigenvalue weighted by molar-refractivity contribution is 6.03. The largest absolute Gasteiger partial charge is 0.444 e. The fourth-order valence-corrected chi connectivity index (χ4v) is 7.66. The van der Waals surface area contributed by atoms with Crippen LogP contribution >= 0.6 is 0 Å². The molecule has 2 fully saturated rings. The molecule has 1 N–H and O–H groups in total. The minimum atomic E-state index is -0.549. The van der Waals surface area contributed by atoms with Crippen LogP contribution in [0.1, 0.15) is 92.1 Å². The molecule has 2 saturated heterocycles. The summed E-state index contributed by atoms with van der Waals surface area (Å²) in [5.41, 5.74) is 6.53. The van der Waals surface area contributed by atoms with Gasteiger partial charge in [0.25, 0.3) is 0 Å². The predicted molar refractivity (Wildman–Crippen MR) is 207 cm³/mol. The Morgan fingerprint density at radius 2 is 1.23 bits per heavy atom. The van der Waals surface area contributed by atoms with Crippen LogP contribution in [0, 0.1) is 11.8 Å². The van der Waals surface area contributed by atoms with Gasteiger partial charge in [-0.25, -0.2) is 14.6 Å². The van der Waals surface area contributed by atoms with Crippen molar-refractivity contribution in [3.8, 4) is 22.4 Å². The molecule has 0 unspecified atom stereocenters. The average Bonchev–Trinajstić information content (AvgIpc) is 3.89. The van der Waals surface area contributed by atoms with Crippen molar-refractivity contribution in [1.82, 2.24) is 19.8 Å². The maximum absolute atomic E-state index is 13.0. The maximum Gasteiger partial charge on any atom is 0.410 e. The number of imidazole rings is 1. The minimum absolute atomic E-state index is 0.0306. The second kappa shape index (κ2) is 13.6. The van der Waals surface area contributed by atoms with Crippen LogP contribution in [0.4, 0.5) is 9.59 Å². The van der Waals surface area contributed by atoms with Crippen molar-refractivity contribution in [3.05, 3.63) is 84.4 Å². The lowest BCUT2D eigenvalue weighted by atomic mass is 9.95. The predicted octanol–water partition coefficient (Wildman–Crippen LogP) is 10.0. The van der Waals surface area contributed by atoms with Gasteiger partial charge in [0.05, 0.1) is 24.0 Å². The standard InChI is InChI=1S/C43H51N5O4/c1-26-17-37(47(24-26)40(49)51-42(3,4)5)35-21-34(22-44-35)29-11-9-28(10-12-29)30-13-14-32-20-33(16-15-31(32)19-30)36-23-45-39(46-36)38-18-27(2)25-48(38)41(50)52-43(6,7)8/h9-16,19-20,22-23,26-27,37-38H,17-18,21,24-25H2,1-8H3,(H,45,46)/t26-,27-,37-,38-/m0/s1. The SMILES string of the molecule is C[C@H]1C[C@@H](C2=NC=C(c3ccc(-c4ccc5cc(-c6cnc([C@@H]7C[C@H](C)CN7C(=O)OC(C)(C)C)[nH]6)ccc5c4)cc3)C2)N(C(=O)OC(C)(C)C)C1. The van der Waals surface area contributed by atoms with Crippen molar-refractivity contribution in [2.45, 2.75) is 97.9 Å². The lowest BCUT2D eigenvalue weighted by Gasteiger charge is -2.28. The van der Waals surface area contributed by atoms with Gasteiger partial charge in [0.2, 0.25) is 0 Å². The molecule has 2 amide bonds. The number of likely N-dealkylation sites (tertiary alicyclic amines) is 2. The van der Waals surface area contributed by atoms with Gasteiger partial charge >= 0.3 is 12.2 Å². The minimum Gasteiger partial charge on any atom is -0.444 e. The van der Waals surface area contributed by atoms with E-state index in [4.69, 9.17) is 19.5 Å². The molecule has 0 bridgehead atoms. The van der Waals surface area contributed by atoms with Gasteiger partial charge in [-0.1, -0.05) is 62.4 Å². The number of carbonyl (C=O) groups is 2. The smallest absolute Gasteiger partial charge is 0.410 e. The molecule has 52 heavy (non-hydrogen) atoms. The highest BCUT2D eigenvalue weighted by Gasteiger charge is 2.40. The third kappa shape index (κ3) is 7.64. The molecule has 9 nitrogen and oxygen atoms in total. The van der Waals surface area contributed by atoms with E-state index in [0.717, 1.165) is 69.5 Å². The van der Waals surface area contributed by atoms with Gasteiger partial charge in [0.1, 0.15) is 17.0 Å². The number of amides is 2. The van der Waals surface area contributed by atoms with Crippen LogP contribution in [0.5, 0.6) is 0 Å². The summed E-state index contributed by atoms with van der Waals surface area (Å²) in [4.78, 5) is 42.7. The Morgan fingerprint density at radius 1 is 0.712 bits per heavy atom. The van der Waals surface area contributed by atoms with Crippen LogP contribution in [0.3, 0.4) is 0 Å². The molecule has 0 spiro atoms. The van der Waals surface area contributed by atoms with Crippen LogP contribution in [0.15, 0.2) is 78.1 Å². The molecule has 4 aromatic rings. The third-order valence-corrected chi connectivity index (χ3v) is 10.1. The topological polar surface area (TPSA) is 100 Å². The summed E-state index contributed by atoms with van der Waals surface area (Å²) < 4.78 is 11.4. The Balaban J connectivity index is 1.02. The number of rotatable bonds is 5. The first-order valence-electron chi connectivity index (χ1n) is 18.5. The van der Waals surface area contributed by atoms with E-state index in [-0.39, 0.29) is 24.3 Å². The zero-order chi connectivity index (χ0) is 36.9. The molecule has 7 rings (SSSR count). The highest BCUT2D eigenvalue weighted by Crippen LogP contribution is 2.37. The number of H-pyrrole nitrogens is 1. The summed E-state index contributed by atoms with van der Waals surface area (Å²) in [5.74, 6) is 1.55. The molecule has 0 saturated carbocycles. The molecule has 1 aromatic heterocycles. The van der Waals surface area contributed by atoms with Crippen molar-refractivity contribution < 1.29 is 19.1 Å². The second-order valence-electron chi connectivity index (χ2n) is 17.0. The number of ether oxygens (including phenoxy) is 2. The Hall–Kier alpha value is -4.92. The molecule has 3 aromatic carbocycles. The lowest BCUT2D eigenvalue weighted by Crippen LogP contribution is -2.43. The van der Waals surface area contributed by atoms with Gasteiger partial charge in [-0.2, -0.15) is 0 Å². The summed E-state index contributed by atoms with van der Waals surface area (Å²) in [6.45, 7) is 17.1. The molecule has 0 radical (unpaired) electrons. The Labute approximate surface area is 307 Å². The first-order chi connectivity index (χ1) is 24.6. The van der Waals surface area contributed by atoms with Crippen LogP contribution in [-0.4, -0.2) is 68.0 Å². The Morgan fingerprint density at radius 3 is 1.85 bits per heavy atom. The number of benzene rings is 3. The monoisotopic (exact) mass is 701 g/mol. The molecule has 4 heterocycles. The first kappa shape index (κ1) is 35.5. The van der Waals surface area contributed by atoms with Crippen molar-refractivity contribution in [1.29, 1.82) is 0 Å². The van der Waals surface area contributed by atoms with Gasteiger partial charge in [0.15, 0.2) is 0 Å². The molecular formula is C43H51N5O4. The van der Waals surface area contributed by atoms with E-state index in [0.29, 0.717) is 24.9 Å². The Kier molecular flexibility index (Phi) is 9.26. The van der Waals surface area contributed by atoms with E-state index in [9.17, 15) is 9.59 Å². The van der Waals surface area contributed by atoms with Gasteiger partial charge in [-0.05, 0) is 111 Å². The van der Waals surface area contributed by atoms with E-state index in [1.54, 1.807) is 4.90 Å². The third-order valence-electron chi connectivity index (χ3n) is 10.1. The fraction of sp³-hybridized carbons (Fsp3) is 0.442. The van der Waals surface area contributed by atoms with Gasteiger partial charge in [0, 0.05) is 37.0 Å². The Bertz CT molecular complexity index is 2050. The number of aromatic amines is 1. The highest BCUT2D eigenvalue weighted by atomic mass is 16.6. The number of hydrogen-bond donors (Lipinski definition) is 1. The molecule has 0 aliphatic carbocycles. The number of carbonyl (C=O) groups excluding carboxylic acids is 2. The lowest BCUT2D eigenvalue weighted by molar-refractivity contribution is 0.0212. The summed E-state index contributed by atoms with van der Waals surface area (Å²) >= 11 is 0. The average molecular weight is 702 g/mol. The van der Waals surface area contributed by atoms with Crippen molar-refractivity contribution >= 4 is 34.2 Å². The summed E-state index contributed by atoms with van der Waals surface area (Å²) in [7, 11) is 0. The van der Waals surface area contributed by atoms with Crippen LogP contribution in [0.25, 0.3) is 38.7 Å². The van der Waals surface area contributed by atoms with Crippen LogP contribution in [0.2, 0.25) is 0 Å². The molecule has 272 valence electrons. The van der Waals surface area contributed by atoms with Crippen LogP contribution < -0.4 is 0 Å². The number of nitrogens with zero attached hydrogens (tertiary/aromatic N) is 4. The van der Waals surface area contributed by atoms with Gasteiger partial charge < -0.3 is 14.5 Å². The number of nitrogens with one attached hydrogen (secondary N) is 1.